The summed E-state index contributed by atoms with van der Waals surface area (Å²) in [6, 6.07) is 21.0. The number of benzene rings is 3. The van der Waals surface area contributed by atoms with E-state index in [2.05, 4.69) is 31.9 Å². The maximum atomic E-state index is 12.4. The van der Waals surface area contributed by atoms with E-state index in [9.17, 15) is 9.59 Å². The van der Waals surface area contributed by atoms with Gasteiger partial charge in [0.25, 0.3) is 11.8 Å². The van der Waals surface area contributed by atoms with Crippen LogP contribution in [-0.2, 0) is 4.79 Å². The van der Waals surface area contributed by atoms with Crippen molar-refractivity contribution in [3.8, 4) is 11.5 Å². The van der Waals surface area contributed by atoms with Gasteiger partial charge in [-0.1, -0.05) is 24.3 Å². The van der Waals surface area contributed by atoms with Crippen molar-refractivity contribution in [1.29, 1.82) is 0 Å². The molecular weight excluding hydrogens is 494 g/mol. The van der Waals surface area contributed by atoms with E-state index >= 15 is 0 Å². The summed E-state index contributed by atoms with van der Waals surface area (Å²) in [5, 5.41) is 8.43. The van der Waals surface area contributed by atoms with Gasteiger partial charge in [-0.2, -0.15) is 0 Å². The van der Waals surface area contributed by atoms with Crippen molar-refractivity contribution in [2.45, 2.75) is 0 Å². The van der Waals surface area contributed by atoms with Crippen LogP contribution in [0.1, 0.15) is 10.4 Å². The number of hydrogen-bond donors (Lipinski definition) is 3. The molecule has 32 heavy (non-hydrogen) atoms. The Kier molecular flexibility index (Phi) is 8.18. The van der Waals surface area contributed by atoms with E-state index in [1.54, 1.807) is 61.7 Å². The van der Waals surface area contributed by atoms with E-state index in [4.69, 9.17) is 21.7 Å². The van der Waals surface area contributed by atoms with Gasteiger partial charge >= 0.3 is 0 Å². The standard InChI is InChI=1S/C23H20BrN3O4S/c1-30-20-11-10-15(12-19(20)24)22(29)27-23(32)26-17-7-5-6-16(13-17)25-21(28)14-31-18-8-3-2-4-9-18/h2-13H,14H2,1H3,(H,25,28)(H2,26,27,29,32). The minimum atomic E-state index is -0.367. The Morgan fingerprint density at radius 2 is 1.66 bits per heavy atom. The van der Waals surface area contributed by atoms with Crippen LogP contribution in [-0.4, -0.2) is 30.6 Å². The highest BCUT2D eigenvalue weighted by Gasteiger charge is 2.11. The quantitative estimate of drug-likeness (QED) is 0.400. The Hall–Kier alpha value is -3.43. The van der Waals surface area contributed by atoms with Gasteiger partial charge in [-0.3, -0.25) is 14.9 Å². The normalized spacial score (nSPS) is 10.1. The molecule has 9 heteroatoms. The van der Waals surface area contributed by atoms with Crippen LogP contribution in [0.2, 0.25) is 0 Å². The molecule has 0 fully saturated rings. The number of hydrogen-bond acceptors (Lipinski definition) is 5. The highest BCUT2D eigenvalue weighted by Crippen LogP contribution is 2.25. The highest BCUT2D eigenvalue weighted by molar-refractivity contribution is 9.10. The van der Waals surface area contributed by atoms with Gasteiger partial charge in [0.2, 0.25) is 0 Å². The molecule has 0 heterocycles. The molecule has 3 rings (SSSR count). The molecule has 0 spiro atoms. The second-order valence-electron chi connectivity index (χ2n) is 6.49. The Labute approximate surface area is 199 Å². The van der Waals surface area contributed by atoms with Gasteiger partial charge in [0.05, 0.1) is 11.6 Å². The number of rotatable bonds is 7. The lowest BCUT2D eigenvalue weighted by molar-refractivity contribution is -0.118. The van der Waals surface area contributed by atoms with E-state index in [1.165, 1.54) is 0 Å². The summed E-state index contributed by atoms with van der Waals surface area (Å²) in [5.41, 5.74) is 1.58. The van der Waals surface area contributed by atoms with E-state index < -0.39 is 0 Å². The fraction of sp³-hybridized carbons (Fsp3) is 0.0870. The average Bonchev–Trinajstić information content (AvgIpc) is 2.78. The predicted octanol–water partition coefficient (Wildman–Crippen LogP) is 4.60. The molecule has 0 aliphatic carbocycles. The third-order valence-corrected chi connectivity index (χ3v) is 4.98. The summed E-state index contributed by atoms with van der Waals surface area (Å²) >= 11 is 8.58. The number of ether oxygens (including phenoxy) is 2. The first-order valence-electron chi connectivity index (χ1n) is 9.48. The summed E-state index contributed by atoms with van der Waals surface area (Å²) in [6.07, 6.45) is 0. The Morgan fingerprint density at radius 1 is 0.938 bits per heavy atom. The lowest BCUT2D eigenvalue weighted by atomic mass is 10.2. The molecule has 164 valence electrons. The van der Waals surface area contributed by atoms with Gasteiger partial charge in [-0.25, -0.2) is 0 Å². The first-order valence-corrected chi connectivity index (χ1v) is 10.7. The largest absolute Gasteiger partial charge is 0.496 e. The summed E-state index contributed by atoms with van der Waals surface area (Å²) in [6.45, 7) is -0.118. The molecule has 3 N–H and O–H groups in total. The molecule has 3 aromatic rings. The smallest absolute Gasteiger partial charge is 0.262 e. The van der Waals surface area contributed by atoms with Crippen molar-refractivity contribution in [3.63, 3.8) is 0 Å². The second kappa shape index (κ2) is 11.3. The maximum Gasteiger partial charge on any atom is 0.262 e. The third kappa shape index (κ3) is 6.79. The molecule has 0 atom stereocenters. The van der Waals surface area contributed by atoms with Crippen LogP contribution in [0.4, 0.5) is 11.4 Å². The first kappa shape index (κ1) is 23.2. The molecule has 0 aliphatic heterocycles. The Balaban J connectivity index is 1.53. The topological polar surface area (TPSA) is 88.7 Å². The minimum absolute atomic E-state index is 0.118. The third-order valence-electron chi connectivity index (χ3n) is 4.16. The molecule has 0 saturated heterocycles. The van der Waals surface area contributed by atoms with Crippen LogP contribution >= 0.6 is 28.1 Å². The fourth-order valence-electron chi connectivity index (χ4n) is 2.68. The number of methoxy groups -OCH3 is 1. The maximum absolute atomic E-state index is 12.4. The van der Waals surface area contributed by atoms with Crippen molar-refractivity contribution in [2.75, 3.05) is 24.4 Å². The van der Waals surface area contributed by atoms with Crippen molar-refractivity contribution in [1.82, 2.24) is 5.32 Å². The minimum Gasteiger partial charge on any atom is -0.496 e. The number of nitrogens with one attached hydrogen (secondary N) is 3. The lowest BCUT2D eigenvalue weighted by Gasteiger charge is -2.12. The molecule has 0 unspecified atom stereocenters. The zero-order valence-electron chi connectivity index (χ0n) is 17.1. The number of anilines is 2. The van der Waals surface area contributed by atoms with Gasteiger partial charge in [-0.05, 0) is 76.7 Å². The monoisotopic (exact) mass is 513 g/mol. The van der Waals surface area contributed by atoms with Crippen molar-refractivity contribution < 1.29 is 19.1 Å². The number of para-hydroxylation sites is 1. The van der Waals surface area contributed by atoms with Crippen LogP contribution < -0.4 is 25.4 Å². The molecule has 0 bridgehead atoms. The van der Waals surface area contributed by atoms with E-state index in [-0.39, 0.29) is 23.5 Å². The molecule has 0 aromatic heterocycles. The number of thiocarbonyl (C=S) groups is 1. The summed E-state index contributed by atoms with van der Waals surface area (Å²) in [5.74, 6) is 0.568. The number of carbonyl (C=O) groups excluding carboxylic acids is 2. The van der Waals surface area contributed by atoms with Gasteiger partial charge in [-0.15, -0.1) is 0 Å². The van der Waals surface area contributed by atoms with Gasteiger partial charge < -0.3 is 20.1 Å². The van der Waals surface area contributed by atoms with Gasteiger partial charge in [0.1, 0.15) is 11.5 Å². The van der Waals surface area contributed by atoms with Crippen molar-refractivity contribution >= 4 is 56.4 Å². The highest BCUT2D eigenvalue weighted by atomic mass is 79.9. The molecular formula is C23H20BrN3O4S. The molecule has 0 saturated carbocycles. The molecule has 0 radical (unpaired) electrons. The van der Waals surface area contributed by atoms with Crippen LogP contribution in [0.25, 0.3) is 0 Å². The summed E-state index contributed by atoms with van der Waals surface area (Å²) in [7, 11) is 1.55. The number of amides is 2. The average molecular weight is 514 g/mol. The molecule has 2 amide bonds. The zero-order chi connectivity index (χ0) is 22.9. The summed E-state index contributed by atoms with van der Waals surface area (Å²) < 4.78 is 11.3. The number of halogens is 1. The zero-order valence-corrected chi connectivity index (χ0v) is 19.5. The van der Waals surface area contributed by atoms with Crippen molar-refractivity contribution in [2.24, 2.45) is 0 Å². The van der Waals surface area contributed by atoms with E-state index in [0.29, 0.717) is 32.9 Å². The van der Waals surface area contributed by atoms with Crippen LogP contribution in [0.3, 0.4) is 0 Å². The van der Waals surface area contributed by atoms with Gasteiger partial charge in [0.15, 0.2) is 11.7 Å². The Morgan fingerprint density at radius 3 is 2.34 bits per heavy atom. The molecule has 7 nitrogen and oxygen atoms in total. The fourth-order valence-corrected chi connectivity index (χ4v) is 3.43. The van der Waals surface area contributed by atoms with Crippen LogP contribution in [0.15, 0.2) is 77.3 Å². The van der Waals surface area contributed by atoms with Crippen molar-refractivity contribution in [3.05, 3.63) is 82.8 Å². The predicted molar refractivity (Wildman–Crippen MR) is 131 cm³/mol. The Bertz CT molecular complexity index is 1130. The molecule has 3 aromatic carbocycles. The number of carbonyl (C=O) groups is 2. The second-order valence-corrected chi connectivity index (χ2v) is 7.75. The summed E-state index contributed by atoms with van der Waals surface area (Å²) in [4.78, 5) is 24.6. The van der Waals surface area contributed by atoms with E-state index in [1.807, 2.05) is 18.2 Å². The van der Waals surface area contributed by atoms with E-state index in [0.717, 1.165) is 0 Å². The van der Waals surface area contributed by atoms with Crippen LogP contribution in [0.5, 0.6) is 11.5 Å². The van der Waals surface area contributed by atoms with Gasteiger partial charge in [0, 0.05) is 16.9 Å². The first-order chi connectivity index (χ1) is 15.4. The SMILES string of the molecule is COc1ccc(C(=O)NC(=S)Nc2cccc(NC(=O)COc3ccccc3)c2)cc1Br. The molecule has 0 aliphatic rings. The van der Waals surface area contributed by atoms with Crippen LogP contribution in [0, 0.1) is 0 Å². The lowest BCUT2D eigenvalue weighted by Crippen LogP contribution is -2.34.